The number of carbonyl (C=O) groups excluding carboxylic acids is 3. The second-order valence-corrected chi connectivity index (χ2v) is 13.8. The lowest BCUT2D eigenvalue weighted by molar-refractivity contribution is -0.143. The first-order valence-electron chi connectivity index (χ1n) is 15.8. The van der Waals surface area contributed by atoms with Gasteiger partial charge in [0.2, 0.25) is 5.91 Å². The number of benzene rings is 3. The van der Waals surface area contributed by atoms with Gasteiger partial charge in [0, 0.05) is 12.5 Å². The number of rotatable bonds is 12. The summed E-state index contributed by atoms with van der Waals surface area (Å²) in [5.41, 5.74) is 2.81. The molecule has 0 aliphatic heterocycles. The smallest absolute Gasteiger partial charge is 0.408 e. The molecule has 0 aromatic heterocycles. The van der Waals surface area contributed by atoms with Crippen molar-refractivity contribution < 1.29 is 24.2 Å². The van der Waals surface area contributed by atoms with Gasteiger partial charge in [-0.25, -0.2) is 4.79 Å². The van der Waals surface area contributed by atoms with Crippen molar-refractivity contribution in [3.05, 3.63) is 94.0 Å². The summed E-state index contributed by atoms with van der Waals surface area (Å²) in [6, 6.07) is 16.8. The Kier molecular flexibility index (Phi) is 12.7. The van der Waals surface area contributed by atoms with E-state index in [2.05, 4.69) is 24.5 Å². The van der Waals surface area contributed by atoms with Crippen LogP contribution in [0.4, 0.5) is 10.5 Å². The number of carbonyl (C=O) groups is 3. The molecule has 3 aromatic carbocycles. The largest absolute Gasteiger partial charge is 0.508 e. The molecule has 248 valence electrons. The van der Waals surface area contributed by atoms with E-state index in [0.29, 0.717) is 34.2 Å². The van der Waals surface area contributed by atoms with Crippen LogP contribution in [0, 0.1) is 19.8 Å². The van der Waals surface area contributed by atoms with Crippen LogP contribution < -0.4 is 10.6 Å². The Labute approximate surface area is 278 Å². The van der Waals surface area contributed by atoms with Crippen molar-refractivity contribution in [1.82, 2.24) is 10.2 Å². The Morgan fingerprint density at radius 3 is 2.11 bits per heavy atom. The first kappa shape index (κ1) is 36.4. The Bertz CT molecular complexity index is 1460. The zero-order valence-electron chi connectivity index (χ0n) is 28.2. The molecule has 0 saturated carbocycles. The quantitative estimate of drug-likeness (QED) is 0.184. The van der Waals surface area contributed by atoms with Gasteiger partial charge in [-0.1, -0.05) is 79.5 Å². The van der Waals surface area contributed by atoms with Crippen LogP contribution in [0.5, 0.6) is 5.75 Å². The van der Waals surface area contributed by atoms with Crippen molar-refractivity contribution in [3.8, 4) is 5.75 Å². The van der Waals surface area contributed by atoms with Gasteiger partial charge in [0.15, 0.2) is 0 Å². The maximum absolute atomic E-state index is 14.9. The second-order valence-electron chi connectivity index (χ2n) is 13.4. The van der Waals surface area contributed by atoms with E-state index in [9.17, 15) is 19.5 Å². The number of phenolic OH excluding ortho intramolecular Hbond substituents is 1. The molecule has 9 heteroatoms. The van der Waals surface area contributed by atoms with Gasteiger partial charge in [-0.05, 0) is 95.2 Å². The van der Waals surface area contributed by atoms with E-state index >= 15 is 0 Å². The minimum Gasteiger partial charge on any atom is -0.508 e. The fraction of sp³-hybridized carbons (Fsp3) is 0.432. The van der Waals surface area contributed by atoms with E-state index in [0.717, 1.165) is 17.5 Å². The zero-order chi connectivity index (χ0) is 34.2. The highest BCUT2D eigenvalue weighted by atomic mass is 35.5. The van der Waals surface area contributed by atoms with Gasteiger partial charge >= 0.3 is 6.09 Å². The number of hydrogen-bond donors (Lipinski definition) is 3. The number of alkyl carbamates (subject to hydrolysis) is 1. The summed E-state index contributed by atoms with van der Waals surface area (Å²) in [6.07, 6.45) is 0.807. The van der Waals surface area contributed by atoms with Gasteiger partial charge in [-0.2, -0.15) is 0 Å². The maximum Gasteiger partial charge on any atom is 0.408 e. The zero-order valence-corrected chi connectivity index (χ0v) is 28.9. The number of nitrogens with one attached hydrogen (secondary N) is 2. The summed E-state index contributed by atoms with van der Waals surface area (Å²) in [7, 11) is 0. The fourth-order valence-corrected chi connectivity index (χ4v) is 5.45. The molecular formula is C37H48ClN3O5. The van der Waals surface area contributed by atoms with Crippen molar-refractivity contribution in [3.63, 3.8) is 0 Å². The lowest BCUT2D eigenvalue weighted by Crippen LogP contribution is -2.55. The van der Waals surface area contributed by atoms with Gasteiger partial charge < -0.3 is 25.4 Å². The van der Waals surface area contributed by atoms with Crippen LogP contribution in [0.3, 0.4) is 0 Å². The normalized spacial score (nSPS) is 13.4. The molecular weight excluding hydrogens is 602 g/mol. The van der Waals surface area contributed by atoms with Crippen molar-refractivity contribution in [2.24, 2.45) is 5.92 Å². The number of aryl methyl sites for hydroxylation is 2. The van der Waals surface area contributed by atoms with Crippen molar-refractivity contribution in [2.75, 3.05) is 5.32 Å². The molecule has 3 unspecified atom stereocenters. The number of hydrogen-bond acceptors (Lipinski definition) is 5. The van der Waals surface area contributed by atoms with Crippen molar-refractivity contribution in [2.45, 2.75) is 98.4 Å². The molecule has 3 aromatic rings. The third kappa shape index (κ3) is 10.5. The molecule has 3 rings (SSSR count). The van der Waals surface area contributed by atoms with E-state index in [1.54, 1.807) is 43.9 Å². The number of amides is 3. The highest BCUT2D eigenvalue weighted by molar-refractivity contribution is 6.34. The molecule has 0 bridgehead atoms. The van der Waals surface area contributed by atoms with Crippen LogP contribution in [0.1, 0.15) is 82.7 Å². The SMILES string of the molecule is Cc1ccc(C(C(=O)Nc2c(C)cccc2Cl)N(C(=O)C(Cc2ccc(O)cc2)NC(=O)OC(C)(C)C)C(C)CCC(C)C)cc1. The van der Waals surface area contributed by atoms with Crippen LogP contribution in [-0.4, -0.2) is 45.6 Å². The number of phenols is 1. The van der Waals surface area contributed by atoms with E-state index in [1.165, 1.54) is 12.1 Å². The highest BCUT2D eigenvalue weighted by Crippen LogP contribution is 2.32. The standard InChI is InChI=1S/C37H48ClN3O5/c1-23(2)12-15-26(5)41(35(44)31(39-36(45)46-37(6,7)8)22-27-16-20-29(42)21-17-27)33(28-18-13-24(3)14-19-28)34(43)40-32-25(4)10-9-11-30(32)38/h9-11,13-14,16-21,23,26,31,33,42H,12,15,22H2,1-8H3,(H,39,45)(H,40,43). The first-order chi connectivity index (χ1) is 21.6. The summed E-state index contributed by atoms with van der Waals surface area (Å²) in [6.45, 7) is 15.2. The molecule has 0 heterocycles. The number of aromatic hydroxyl groups is 1. The van der Waals surface area contributed by atoms with Crippen LogP contribution in [0.2, 0.25) is 5.02 Å². The Morgan fingerprint density at radius 1 is 0.913 bits per heavy atom. The van der Waals surface area contributed by atoms with Crippen LogP contribution in [-0.2, 0) is 20.7 Å². The molecule has 0 saturated heterocycles. The highest BCUT2D eigenvalue weighted by Gasteiger charge is 2.39. The number of halogens is 1. The molecule has 3 atom stereocenters. The molecule has 0 spiro atoms. The van der Waals surface area contributed by atoms with Gasteiger partial charge in [-0.15, -0.1) is 0 Å². The van der Waals surface area contributed by atoms with Gasteiger partial charge in [0.1, 0.15) is 23.4 Å². The molecule has 3 amide bonds. The first-order valence-corrected chi connectivity index (χ1v) is 16.2. The Hall–Kier alpha value is -4.04. The summed E-state index contributed by atoms with van der Waals surface area (Å²) in [5, 5.41) is 16.0. The van der Waals surface area contributed by atoms with E-state index in [4.69, 9.17) is 16.3 Å². The monoisotopic (exact) mass is 649 g/mol. The third-order valence-electron chi connectivity index (χ3n) is 7.65. The van der Waals surface area contributed by atoms with Gasteiger partial charge in [-0.3, -0.25) is 9.59 Å². The van der Waals surface area contributed by atoms with Crippen LogP contribution in [0.15, 0.2) is 66.7 Å². The number of ether oxygens (including phenoxy) is 1. The minimum absolute atomic E-state index is 0.0848. The lowest BCUT2D eigenvalue weighted by atomic mass is 9.95. The van der Waals surface area contributed by atoms with E-state index in [-0.39, 0.29) is 18.2 Å². The average Bonchev–Trinajstić information content (AvgIpc) is 2.96. The van der Waals surface area contributed by atoms with Crippen LogP contribution >= 0.6 is 11.6 Å². The molecule has 0 aliphatic rings. The molecule has 3 N–H and O–H groups in total. The summed E-state index contributed by atoms with van der Waals surface area (Å²) < 4.78 is 5.55. The number of para-hydroxylation sites is 1. The minimum atomic E-state index is -1.08. The van der Waals surface area contributed by atoms with Gasteiger partial charge in [0.25, 0.3) is 5.91 Å². The number of nitrogens with zero attached hydrogens (tertiary/aromatic N) is 1. The Morgan fingerprint density at radius 2 is 1.54 bits per heavy atom. The molecule has 0 fully saturated rings. The lowest BCUT2D eigenvalue weighted by Gasteiger charge is -2.39. The topological polar surface area (TPSA) is 108 Å². The molecule has 0 radical (unpaired) electrons. The van der Waals surface area contributed by atoms with Crippen LogP contribution in [0.25, 0.3) is 0 Å². The van der Waals surface area contributed by atoms with Gasteiger partial charge in [0.05, 0.1) is 10.7 Å². The summed E-state index contributed by atoms with van der Waals surface area (Å²) in [4.78, 5) is 44.0. The fourth-order valence-electron chi connectivity index (χ4n) is 5.18. The second kappa shape index (κ2) is 16.0. The van der Waals surface area contributed by atoms with Crippen molar-refractivity contribution >= 4 is 35.2 Å². The summed E-state index contributed by atoms with van der Waals surface area (Å²) >= 11 is 6.52. The Balaban J connectivity index is 2.16. The van der Waals surface area contributed by atoms with E-state index < -0.39 is 35.6 Å². The molecule has 0 aliphatic carbocycles. The summed E-state index contributed by atoms with van der Waals surface area (Å²) in [5.74, 6) is -0.414. The number of anilines is 1. The predicted octanol–water partition coefficient (Wildman–Crippen LogP) is 8.13. The maximum atomic E-state index is 14.9. The molecule has 8 nitrogen and oxygen atoms in total. The average molecular weight is 650 g/mol. The van der Waals surface area contributed by atoms with Crippen molar-refractivity contribution in [1.29, 1.82) is 0 Å². The van der Waals surface area contributed by atoms with E-state index in [1.807, 2.05) is 57.2 Å². The predicted molar refractivity (Wildman–Crippen MR) is 184 cm³/mol. The molecule has 46 heavy (non-hydrogen) atoms. The third-order valence-corrected chi connectivity index (χ3v) is 7.96.